The van der Waals surface area contributed by atoms with Crippen molar-refractivity contribution >= 4 is 5.91 Å². The van der Waals surface area contributed by atoms with Crippen molar-refractivity contribution in [3.63, 3.8) is 0 Å². The molecule has 0 radical (unpaired) electrons. The first-order chi connectivity index (χ1) is 10.7. The molecule has 1 amide bonds. The van der Waals surface area contributed by atoms with Crippen molar-refractivity contribution in [1.82, 2.24) is 25.0 Å². The van der Waals surface area contributed by atoms with E-state index in [1.54, 1.807) is 17.9 Å². The average molecular weight is 303 g/mol. The van der Waals surface area contributed by atoms with Crippen molar-refractivity contribution in [2.45, 2.75) is 19.0 Å². The van der Waals surface area contributed by atoms with E-state index in [1.165, 1.54) is 29.5 Å². The molecule has 2 unspecified atom stereocenters. The molecule has 6 nitrogen and oxygen atoms in total. The second-order valence-electron chi connectivity index (χ2n) is 5.36. The molecular formula is C15H18FN5O. The van der Waals surface area contributed by atoms with Crippen molar-refractivity contribution in [2.24, 2.45) is 0 Å². The highest BCUT2D eigenvalue weighted by Crippen LogP contribution is 2.25. The summed E-state index contributed by atoms with van der Waals surface area (Å²) in [5.74, 6) is -0.332. The van der Waals surface area contributed by atoms with Gasteiger partial charge < -0.3 is 10.2 Å². The number of aromatic nitrogens is 3. The normalized spacial score (nSPS) is 19.9. The molecule has 1 aliphatic heterocycles. The number of halogens is 1. The predicted octanol–water partition coefficient (Wildman–Crippen LogP) is 1.15. The molecule has 1 aromatic carbocycles. The SMILES string of the molecule is CC(C(=O)N1CCNCC1c1cccc(F)c1)n1cncn1. The number of benzene rings is 1. The van der Waals surface area contributed by atoms with Gasteiger partial charge in [-0.3, -0.25) is 4.79 Å². The first-order valence-electron chi connectivity index (χ1n) is 7.27. The Balaban J connectivity index is 1.85. The molecule has 0 spiro atoms. The van der Waals surface area contributed by atoms with Crippen LogP contribution < -0.4 is 5.32 Å². The van der Waals surface area contributed by atoms with Crippen LogP contribution in [-0.4, -0.2) is 45.2 Å². The standard InChI is InChI=1S/C15H18FN5O/c1-11(21-10-18-9-19-21)15(22)20-6-5-17-8-14(20)12-3-2-4-13(16)7-12/h2-4,7,9-11,14,17H,5-6,8H2,1H3. The summed E-state index contributed by atoms with van der Waals surface area (Å²) in [4.78, 5) is 18.4. The second kappa shape index (κ2) is 6.23. The largest absolute Gasteiger partial charge is 0.331 e. The number of hydrogen-bond donors (Lipinski definition) is 1. The lowest BCUT2D eigenvalue weighted by molar-refractivity contribution is -0.138. The smallest absolute Gasteiger partial charge is 0.247 e. The molecule has 0 saturated carbocycles. The van der Waals surface area contributed by atoms with E-state index in [-0.39, 0.29) is 17.8 Å². The average Bonchev–Trinajstić information content (AvgIpc) is 3.08. The van der Waals surface area contributed by atoms with Crippen LogP contribution in [0.1, 0.15) is 24.6 Å². The number of nitrogens with one attached hydrogen (secondary N) is 1. The maximum atomic E-state index is 13.5. The highest BCUT2D eigenvalue weighted by atomic mass is 19.1. The molecule has 2 aromatic rings. The summed E-state index contributed by atoms with van der Waals surface area (Å²) in [5.41, 5.74) is 0.798. The van der Waals surface area contributed by atoms with E-state index in [2.05, 4.69) is 15.4 Å². The lowest BCUT2D eigenvalue weighted by Gasteiger charge is -2.38. The topological polar surface area (TPSA) is 63.1 Å². The van der Waals surface area contributed by atoms with Crippen LogP contribution in [0.25, 0.3) is 0 Å². The summed E-state index contributed by atoms with van der Waals surface area (Å²) in [6, 6.07) is 5.80. The van der Waals surface area contributed by atoms with Gasteiger partial charge in [0.2, 0.25) is 5.91 Å². The molecule has 2 atom stereocenters. The Hall–Kier alpha value is -2.28. The molecule has 1 saturated heterocycles. The van der Waals surface area contributed by atoms with Crippen molar-refractivity contribution < 1.29 is 9.18 Å². The summed E-state index contributed by atoms with van der Waals surface area (Å²) < 4.78 is 15.0. The highest BCUT2D eigenvalue weighted by molar-refractivity contribution is 5.80. The summed E-state index contributed by atoms with van der Waals surface area (Å²) in [5, 5.41) is 7.29. The van der Waals surface area contributed by atoms with Gasteiger partial charge >= 0.3 is 0 Å². The van der Waals surface area contributed by atoms with Crippen LogP contribution >= 0.6 is 0 Å². The van der Waals surface area contributed by atoms with Gasteiger partial charge in [0.1, 0.15) is 24.5 Å². The lowest BCUT2D eigenvalue weighted by Crippen LogP contribution is -2.50. The minimum absolute atomic E-state index is 0.0405. The minimum atomic E-state index is -0.434. The van der Waals surface area contributed by atoms with E-state index in [1.807, 2.05) is 6.07 Å². The van der Waals surface area contributed by atoms with Crippen LogP contribution in [0.2, 0.25) is 0 Å². The van der Waals surface area contributed by atoms with Crippen LogP contribution in [0.15, 0.2) is 36.9 Å². The minimum Gasteiger partial charge on any atom is -0.331 e. The van der Waals surface area contributed by atoms with E-state index in [0.717, 1.165) is 12.1 Å². The molecule has 1 aromatic heterocycles. The Bertz CT molecular complexity index is 645. The van der Waals surface area contributed by atoms with Gasteiger partial charge in [-0.25, -0.2) is 14.1 Å². The molecule has 1 fully saturated rings. The van der Waals surface area contributed by atoms with Crippen molar-refractivity contribution in [2.75, 3.05) is 19.6 Å². The Kier molecular flexibility index (Phi) is 4.15. The number of nitrogens with zero attached hydrogens (tertiary/aromatic N) is 4. The van der Waals surface area contributed by atoms with E-state index in [4.69, 9.17) is 0 Å². The molecule has 0 bridgehead atoms. The van der Waals surface area contributed by atoms with Gasteiger partial charge in [0.05, 0.1) is 6.04 Å². The summed E-state index contributed by atoms with van der Waals surface area (Å²) in [6.07, 6.45) is 2.94. The quantitative estimate of drug-likeness (QED) is 0.924. The Morgan fingerprint density at radius 2 is 2.36 bits per heavy atom. The number of piperazine rings is 1. The molecule has 2 heterocycles. The fourth-order valence-electron chi connectivity index (χ4n) is 2.75. The fraction of sp³-hybridized carbons (Fsp3) is 0.400. The van der Waals surface area contributed by atoms with Crippen LogP contribution in [0.4, 0.5) is 4.39 Å². The van der Waals surface area contributed by atoms with Gasteiger partial charge in [-0.2, -0.15) is 5.10 Å². The van der Waals surface area contributed by atoms with Gasteiger partial charge in [0.15, 0.2) is 0 Å². The third-order valence-electron chi connectivity index (χ3n) is 3.95. The lowest BCUT2D eigenvalue weighted by atomic mass is 10.0. The summed E-state index contributed by atoms with van der Waals surface area (Å²) in [7, 11) is 0. The Morgan fingerprint density at radius 3 is 3.09 bits per heavy atom. The number of carbonyl (C=O) groups excluding carboxylic acids is 1. The predicted molar refractivity (Wildman–Crippen MR) is 78.5 cm³/mol. The monoisotopic (exact) mass is 303 g/mol. The molecular weight excluding hydrogens is 285 g/mol. The summed E-state index contributed by atoms with van der Waals surface area (Å²) >= 11 is 0. The maximum Gasteiger partial charge on any atom is 0.247 e. The van der Waals surface area contributed by atoms with E-state index in [0.29, 0.717) is 13.1 Å². The molecule has 1 aliphatic rings. The molecule has 7 heteroatoms. The number of rotatable bonds is 3. The van der Waals surface area contributed by atoms with Gasteiger partial charge in [-0.05, 0) is 24.6 Å². The summed E-state index contributed by atoms with van der Waals surface area (Å²) in [6.45, 7) is 3.71. The Labute approximate surface area is 128 Å². The molecule has 116 valence electrons. The van der Waals surface area contributed by atoms with Gasteiger partial charge in [0.25, 0.3) is 0 Å². The van der Waals surface area contributed by atoms with Crippen molar-refractivity contribution in [3.8, 4) is 0 Å². The molecule has 1 N–H and O–H groups in total. The highest BCUT2D eigenvalue weighted by Gasteiger charge is 2.31. The first-order valence-corrected chi connectivity index (χ1v) is 7.27. The second-order valence-corrected chi connectivity index (χ2v) is 5.36. The number of amides is 1. The van der Waals surface area contributed by atoms with E-state index in [9.17, 15) is 9.18 Å². The van der Waals surface area contributed by atoms with Crippen molar-refractivity contribution in [3.05, 3.63) is 48.3 Å². The van der Waals surface area contributed by atoms with Crippen LogP contribution in [0.3, 0.4) is 0 Å². The van der Waals surface area contributed by atoms with Gasteiger partial charge in [-0.15, -0.1) is 0 Å². The third-order valence-corrected chi connectivity index (χ3v) is 3.95. The number of hydrogen-bond acceptors (Lipinski definition) is 4. The zero-order valence-corrected chi connectivity index (χ0v) is 12.3. The fourth-order valence-corrected chi connectivity index (χ4v) is 2.75. The van der Waals surface area contributed by atoms with Gasteiger partial charge in [-0.1, -0.05) is 12.1 Å². The van der Waals surface area contributed by atoms with Crippen LogP contribution in [0.5, 0.6) is 0 Å². The zero-order valence-electron chi connectivity index (χ0n) is 12.3. The van der Waals surface area contributed by atoms with Crippen LogP contribution in [-0.2, 0) is 4.79 Å². The Morgan fingerprint density at radius 1 is 1.50 bits per heavy atom. The first kappa shape index (κ1) is 14.6. The third kappa shape index (κ3) is 2.85. The molecule has 0 aliphatic carbocycles. The van der Waals surface area contributed by atoms with Crippen LogP contribution in [0, 0.1) is 5.82 Å². The van der Waals surface area contributed by atoms with Crippen molar-refractivity contribution in [1.29, 1.82) is 0 Å². The maximum absolute atomic E-state index is 13.5. The van der Waals surface area contributed by atoms with E-state index >= 15 is 0 Å². The molecule has 3 rings (SSSR count). The van der Waals surface area contributed by atoms with E-state index < -0.39 is 6.04 Å². The molecule has 22 heavy (non-hydrogen) atoms. The zero-order chi connectivity index (χ0) is 15.5. The number of carbonyl (C=O) groups is 1. The van der Waals surface area contributed by atoms with Gasteiger partial charge in [0, 0.05) is 19.6 Å².